The van der Waals surface area contributed by atoms with Crippen molar-refractivity contribution in [1.29, 1.82) is 0 Å². The topological polar surface area (TPSA) is 67.8 Å². The number of rotatable bonds is 3. The van der Waals surface area contributed by atoms with E-state index in [9.17, 15) is 9.18 Å². The molecule has 1 saturated heterocycles. The van der Waals surface area contributed by atoms with Gasteiger partial charge in [-0.2, -0.15) is 0 Å². The maximum Gasteiger partial charge on any atom is 0.335 e. The van der Waals surface area contributed by atoms with Gasteiger partial charge in [-0.15, -0.1) is 0 Å². The van der Waals surface area contributed by atoms with Crippen LogP contribution in [0, 0.1) is 5.82 Å². The third-order valence-corrected chi connectivity index (χ3v) is 2.84. The molecule has 1 aliphatic rings. The van der Waals surface area contributed by atoms with Crippen molar-refractivity contribution in [3.8, 4) is 0 Å². The van der Waals surface area contributed by atoms with Crippen LogP contribution in [0.1, 0.15) is 24.2 Å². The zero-order valence-electron chi connectivity index (χ0n) is 10.8. The largest absolute Gasteiger partial charge is 0.478 e. The van der Waals surface area contributed by atoms with Crippen LogP contribution in [0.5, 0.6) is 0 Å². The molecule has 1 fully saturated rings. The molecule has 1 aromatic carbocycles. The molecule has 5 nitrogen and oxygen atoms in total. The fourth-order valence-corrected chi connectivity index (χ4v) is 1.76. The predicted molar refractivity (Wildman–Crippen MR) is 66.8 cm³/mol. The van der Waals surface area contributed by atoms with Gasteiger partial charge >= 0.3 is 5.97 Å². The van der Waals surface area contributed by atoms with Crippen LogP contribution in [0.2, 0.25) is 0 Å². The molecule has 0 amide bonds. The molecule has 1 aliphatic heterocycles. The van der Waals surface area contributed by atoms with Gasteiger partial charge < -0.3 is 19.9 Å². The molecule has 1 heterocycles. The standard InChI is InChI=1S/C13H16FNO4/c1-13(2)18-6-9(7-19-13)15-11-5-8(12(16)17)3-4-10(11)14/h3-5,9,15H,6-7H2,1-2H3,(H,16,17). The van der Waals surface area contributed by atoms with Gasteiger partial charge in [-0.05, 0) is 32.0 Å². The lowest BCUT2D eigenvalue weighted by molar-refractivity contribution is -0.247. The zero-order chi connectivity index (χ0) is 14.0. The van der Waals surface area contributed by atoms with Gasteiger partial charge in [-0.1, -0.05) is 0 Å². The van der Waals surface area contributed by atoms with E-state index >= 15 is 0 Å². The Morgan fingerprint density at radius 3 is 2.63 bits per heavy atom. The molecule has 0 aliphatic carbocycles. The van der Waals surface area contributed by atoms with Crippen LogP contribution >= 0.6 is 0 Å². The highest BCUT2D eigenvalue weighted by molar-refractivity contribution is 5.88. The van der Waals surface area contributed by atoms with E-state index in [2.05, 4.69) is 5.32 Å². The van der Waals surface area contributed by atoms with Gasteiger partial charge in [0.2, 0.25) is 0 Å². The summed E-state index contributed by atoms with van der Waals surface area (Å²) in [7, 11) is 0. The molecule has 0 saturated carbocycles. The van der Waals surface area contributed by atoms with Crippen LogP contribution in [0.15, 0.2) is 18.2 Å². The minimum atomic E-state index is -1.10. The first kappa shape index (κ1) is 13.8. The Morgan fingerprint density at radius 1 is 1.42 bits per heavy atom. The van der Waals surface area contributed by atoms with Gasteiger partial charge in [0.25, 0.3) is 0 Å². The number of anilines is 1. The maximum absolute atomic E-state index is 13.6. The number of benzene rings is 1. The number of carboxylic acid groups (broad SMARTS) is 1. The molecule has 19 heavy (non-hydrogen) atoms. The van der Waals surface area contributed by atoms with E-state index in [1.165, 1.54) is 12.1 Å². The lowest BCUT2D eigenvalue weighted by Gasteiger charge is -2.35. The van der Waals surface area contributed by atoms with E-state index < -0.39 is 17.6 Å². The summed E-state index contributed by atoms with van der Waals surface area (Å²) >= 11 is 0. The van der Waals surface area contributed by atoms with Gasteiger partial charge in [0.05, 0.1) is 30.5 Å². The molecular weight excluding hydrogens is 253 g/mol. The smallest absolute Gasteiger partial charge is 0.335 e. The Morgan fingerprint density at radius 2 is 2.05 bits per heavy atom. The Balaban J connectivity index is 2.07. The third-order valence-electron chi connectivity index (χ3n) is 2.84. The lowest BCUT2D eigenvalue weighted by Crippen LogP contribution is -2.45. The summed E-state index contributed by atoms with van der Waals surface area (Å²) in [6.07, 6.45) is 0. The number of nitrogens with one attached hydrogen (secondary N) is 1. The van der Waals surface area contributed by atoms with E-state index in [-0.39, 0.29) is 17.3 Å². The molecule has 0 radical (unpaired) electrons. The second-order valence-electron chi connectivity index (χ2n) is 4.86. The quantitative estimate of drug-likeness (QED) is 0.879. The summed E-state index contributed by atoms with van der Waals surface area (Å²) < 4.78 is 24.5. The van der Waals surface area contributed by atoms with Crippen molar-refractivity contribution < 1.29 is 23.8 Å². The first-order valence-electron chi connectivity index (χ1n) is 5.95. The molecule has 6 heteroatoms. The normalized spacial score (nSPS) is 19.1. The van der Waals surface area contributed by atoms with Crippen LogP contribution in [-0.4, -0.2) is 36.1 Å². The Hall–Kier alpha value is -1.66. The van der Waals surface area contributed by atoms with Crippen molar-refractivity contribution in [3.63, 3.8) is 0 Å². The predicted octanol–water partition coefficient (Wildman–Crippen LogP) is 2.09. The number of ether oxygens (including phenoxy) is 2. The van der Waals surface area contributed by atoms with E-state index in [4.69, 9.17) is 14.6 Å². The summed E-state index contributed by atoms with van der Waals surface area (Å²) in [6.45, 7) is 4.33. The van der Waals surface area contributed by atoms with Crippen LogP contribution in [0.3, 0.4) is 0 Å². The molecule has 0 spiro atoms. The van der Waals surface area contributed by atoms with Crippen molar-refractivity contribution in [3.05, 3.63) is 29.6 Å². The molecule has 0 unspecified atom stereocenters. The molecular formula is C13H16FNO4. The molecule has 1 aromatic rings. The van der Waals surface area contributed by atoms with Gasteiger partial charge in [0.15, 0.2) is 5.79 Å². The fraction of sp³-hybridized carbons (Fsp3) is 0.462. The van der Waals surface area contributed by atoms with Crippen LogP contribution in [0.25, 0.3) is 0 Å². The van der Waals surface area contributed by atoms with E-state index in [0.717, 1.165) is 6.07 Å². The highest BCUT2D eigenvalue weighted by Gasteiger charge is 2.28. The summed E-state index contributed by atoms with van der Waals surface area (Å²) in [6, 6.07) is 3.39. The van der Waals surface area contributed by atoms with E-state index in [0.29, 0.717) is 13.2 Å². The molecule has 0 aromatic heterocycles. The molecule has 0 atom stereocenters. The average molecular weight is 269 g/mol. The first-order chi connectivity index (χ1) is 8.87. The van der Waals surface area contributed by atoms with Crippen LogP contribution in [-0.2, 0) is 9.47 Å². The van der Waals surface area contributed by atoms with Crippen molar-refractivity contribution >= 4 is 11.7 Å². The van der Waals surface area contributed by atoms with E-state index in [1.54, 1.807) is 13.8 Å². The summed E-state index contributed by atoms with van der Waals surface area (Å²) in [5.74, 6) is -2.24. The summed E-state index contributed by atoms with van der Waals surface area (Å²) in [5.41, 5.74) is 0.165. The molecule has 2 N–H and O–H groups in total. The number of aromatic carboxylic acids is 1. The summed E-state index contributed by atoms with van der Waals surface area (Å²) in [5, 5.41) is 11.8. The number of halogens is 1. The number of carboxylic acids is 1. The van der Waals surface area contributed by atoms with Crippen molar-refractivity contribution in [2.45, 2.75) is 25.7 Å². The van der Waals surface area contributed by atoms with Gasteiger partial charge in [0.1, 0.15) is 5.82 Å². The molecule has 2 rings (SSSR count). The van der Waals surface area contributed by atoms with Crippen molar-refractivity contribution in [2.24, 2.45) is 0 Å². The van der Waals surface area contributed by atoms with E-state index in [1.807, 2.05) is 0 Å². The lowest BCUT2D eigenvalue weighted by atomic mass is 10.1. The SMILES string of the molecule is CC1(C)OCC(Nc2cc(C(=O)O)ccc2F)CO1. The fourth-order valence-electron chi connectivity index (χ4n) is 1.76. The van der Waals surface area contributed by atoms with Gasteiger partial charge in [-0.25, -0.2) is 9.18 Å². The monoisotopic (exact) mass is 269 g/mol. The minimum Gasteiger partial charge on any atom is -0.478 e. The first-order valence-corrected chi connectivity index (χ1v) is 5.95. The van der Waals surface area contributed by atoms with Crippen molar-refractivity contribution in [2.75, 3.05) is 18.5 Å². The maximum atomic E-state index is 13.6. The number of carbonyl (C=O) groups is 1. The van der Waals surface area contributed by atoms with Crippen LogP contribution < -0.4 is 5.32 Å². The zero-order valence-corrected chi connectivity index (χ0v) is 10.8. The second-order valence-corrected chi connectivity index (χ2v) is 4.86. The number of hydrogen-bond acceptors (Lipinski definition) is 4. The second kappa shape index (κ2) is 5.14. The summed E-state index contributed by atoms with van der Waals surface area (Å²) in [4.78, 5) is 10.8. The number of hydrogen-bond donors (Lipinski definition) is 2. The van der Waals surface area contributed by atoms with Crippen LogP contribution in [0.4, 0.5) is 10.1 Å². The minimum absolute atomic E-state index is 0.0295. The Kier molecular flexibility index (Phi) is 3.73. The average Bonchev–Trinajstić information content (AvgIpc) is 2.34. The highest BCUT2D eigenvalue weighted by Crippen LogP contribution is 2.22. The van der Waals surface area contributed by atoms with Crippen molar-refractivity contribution in [1.82, 2.24) is 0 Å². The van der Waals surface area contributed by atoms with Gasteiger partial charge in [-0.3, -0.25) is 0 Å². The van der Waals surface area contributed by atoms with Gasteiger partial charge in [0, 0.05) is 0 Å². The molecule has 0 bridgehead atoms. The highest BCUT2D eigenvalue weighted by atomic mass is 19.1. The Bertz CT molecular complexity index is 480. The third kappa shape index (κ3) is 3.42. The molecule has 104 valence electrons. The Labute approximate surface area is 110 Å².